The molecule has 2 aromatic rings. The molecule has 0 saturated carbocycles. The highest BCUT2D eigenvalue weighted by Crippen LogP contribution is 2.34. The molecule has 0 aliphatic rings. The zero-order chi connectivity index (χ0) is 10.7. The van der Waals surface area contributed by atoms with Gasteiger partial charge in [-0.2, -0.15) is 0 Å². The maximum absolute atomic E-state index is 9.44. The number of hydrogen-bond donors (Lipinski definition) is 2. The van der Waals surface area contributed by atoms with Crippen molar-refractivity contribution in [2.45, 2.75) is 9.79 Å². The van der Waals surface area contributed by atoms with E-state index >= 15 is 0 Å². The molecule has 0 fully saturated rings. The topological polar surface area (TPSA) is 45.2 Å². The molecule has 0 bridgehead atoms. The van der Waals surface area contributed by atoms with Gasteiger partial charge in [0.25, 0.3) is 0 Å². The number of aromatic amines is 1. The third-order valence-electron chi connectivity index (χ3n) is 1.97. The predicted molar refractivity (Wildman–Crippen MR) is 59.6 cm³/mol. The first-order valence-electron chi connectivity index (χ1n) is 4.47. The van der Waals surface area contributed by atoms with E-state index in [-0.39, 0.29) is 5.75 Å². The zero-order valence-electron chi connectivity index (χ0n) is 8.23. The van der Waals surface area contributed by atoms with Crippen molar-refractivity contribution in [2.24, 2.45) is 0 Å². The third-order valence-corrected chi connectivity index (χ3v) is 3.03. The van der Waals surface area contributed by atoms with Crippen LogP contribution in [0.15, 0.2) is 46.5 Å². The summed E-state index contributed by atoms with van der Waals surface area (Å²) in [7, 11) is 1.64. The summed E-state index contributed by atoms with van der Waals surface area (Å²) in [6.07, 6.45) is 3.33. The molecule has 0 spiro atoms. The van der Waals surface area contributed by atoms with Crippen molar-refractivity contribution in [1.82, 2.24) is 4.98 Å². The minimum atomic E-state index is 0.274. The Morgan fingerprint density at radius 1 is 1.20 bits per heavy atom. The number of H-pyrrole nitrogens is 1. The van der Waals surface area contributed by atoms with Crippen molar-refractivity contribution in [3.8, 4) is 11.5 Å². The highest BCUT2D eigenvalue weighted by Gasteiger charge is 2.03. The number of methoxy groups -OCH3 is 1. The van der Waals surface area contributed by atoms with Gasteiger partial charge in [-0.25, -0.2) is 0 Å². The van der Waals surface area contributed by atoms with E-state index in [9.17, 15) is 5.11 Å². The lowest BCUT2D eigenvalue weighted by atomic mass is 10.3. The van der Waals surface area contributed by atoms with Crippen LogP contribution in [0.2, 0.25) is 0 Å². The second kappa shape index (κ2) is 4.31. The average molecular weight is 221 g/mol. The molecule has 1 heterocycles. The lowest BCUT2D eigenvalue weighted by molar-refractivity contribution is 0.414. The SMILES string of the molecule is COc1ccc(Sc2c[nH]cc2O)cc1. The molecule has 15 heavy (non-hydrogen) atoms. The minimum absolute atomic E-state index is 0.274. The van der Waals surface area contributed by atoms with Crippen LogP contribution in [-0.4, -0.2) is 17.2 Å². The molecular formula is C11H11NO2S. The summed E-state index contributed by atoms with van der Waals surface area (Å²) in [6.45, 7) is 0. The molecule has 0 atom stereocenters. The molecule has 0 saturated heterocycles. The Morgan fingerprint density at radius 2 is 1.93 bits per heavy atom. The van der Waals surface area contributed by atoms with E-state index in [1.165, 1.54) is 11.8 Å². The van der Waals surface area contributed by atoms with E-state index in [4.69, 9.17) is 4.74 Å². The van der Waals surface area contributed by atoms with Crippen LogP contribution in [0, 0.1) is 0 Å². The van der Waals surface area contributed by atoms with Gasteiger partial charge in [0.1, 0.15) is 11.5 Å². The number of aromatic hydroxyl groups is 1. The minimum Gasteiger partial charge on any atom is -0.505 e. The monoisotopic (exact) mass is 221 g/mol. The Bertz CT molecular complexity index is 436. The van der Waals surface area contributed by atoms with Gasteiger partial charge in [-0.05, 0) is 24.3 Å². The van der Waals surface area contributed by atoms with Gasteiger partial charge in [0.05, 0.1) is 12.0 Å². The summed E-state index contributed by atoms with van der Waals surface area (Å²) in [4.78, 5) is 4.73. The van der Waals surface area contributed by atoms with Gasteiger partial charge in [-0.15, -0.1) is 0 Å². The van der Waals surface area contributed by atoms with Crippen LogP contribution in [0.3, 0.4) is 0 Å². The molecular weight excluding hydrogens is 210 g/mol. The first-order valence-corrected chi connectivity index (χ1v) is 5.29. The Kier molecular flexibility index (Phi) is 2.87. The molecule has 0 aliphatic heterocycles. The molecule has 2 rings (SSSR count). The van der Waals surface area contributed by atoms with Crippen molar-refractivity contribution in [3.05, 3.63) is 36.7 Å². The molecule has 4 heteroatoms. The van der Waals surface area contributed by atoms with Crippen LogP contribution in [0.1, 0.15) is 0 Å². The second-order valence-electron chi connectivity index (χ2n) is 2.98. The Morgan fingerprint density at radius 3 is 2.47 bits per heavy atom. The predicted octanol–water partition coefficient (Wildman–Crippen LogP) is 2.88. The van der Waals surface area contributed by atoms with Crippen LogP contribution in [0.5, 0.6) is 11.5 Å². The number of rotatable bonds is 3. The van der Waals surface area contributed by atoms with Crippen LogP contribution < -0.4 is 4.74 Å². The van der Waals surface area contributed by atoms with Crippen molar-refractivity contribution in [2.75, 3.05) is 7.11 Å². The number of ether oxygens (including phenoxy) is 1. The van der Waals surface area contributed by atoms with Crippen molar-refractivity contribution >= 4 is 11.8 Å². The summed E-state index contributed by atoms with van der Waals surface area (Å²) in [5.41, 5.74) is 0. The first kappa shape index (κ1) is 9.98. The van der Waals surface area contributed by atoms with Gasteiger partial charge in [0, 0.05) is 17.3 Å². The van der Waals surface area contributed by atoms with Gasteiger partial charge in [0.15, 0.2) is 0 Å². The molecule has 3 nitrogen and oxygen atoms in total. The van der Waals surface area contributed by atoms with E-state index in [0.717, 1.165) is 15.5 Å². The zero-order valence-corrected chi connectivity index (χ0v) is 9.04. The van der Waals surface area contributed by atoms with E-state index in [0.29, 0.717) is 0 Å². The summed E-state index contributed by atoms with van der Waals surface area (Å²) in [6, 6.07) is 7.70. The lowest BCUT2D eigenvalue weighted by Crippen LogP contribution is -1.80. The number of aromatic nitrogens is 1. The largest absolute Gasteiger partial charge is 0.505 e. The van der Waals surface area contributed by atoms with Crippen molar-refractivity contribution in [1.29, 1.82) is 0 Å². The van der Waals surface area contributed by atoms with Gasteiger partial charge < -0.3 is 14.8 Å². The third kappa shape index (κ3) is 2.27. The van der Waals surface area contributed by atoms with Crippen molar-refractivity contribution < 1.29 is 9.84 Å². The molecule has 78 valence electrons. The van der Waals surface area contributed by atoms with Gasteiger partial charge in [-0.1, -0.05) is 11.8 Å². The standard InChI is InChI=1S/C11H11NO2S/c1-14-8-2-4-9(5-3-8)15-11-7-12-6-10(11)13/h2-7,12-13H,1H3. The number of benzene rings is 1. The second-order valence-corrected chi connectivity index (χ2v) is 4.10. The fourth-order valence-electron chi connectivity index (χ4n) is 1.19. The Balaban J connectivity index is 2.14. The summed E-state index contributed by atoms with van der Waals surface area (Å²) in [5, 5.41) is 9.44. The normalized spacial score (nSPS) is 10.2. The maximum Gasteiger partial charge on any atom is 0.146 e. The molecule has 0 aliphatic carbocycles. The van der Waals surface area contributed by atoms with Crippen LogP contribution >= 0.6 is 11.8 Å². The quantitative estimate of drug-likeness (QED) is 0.837. The van der Waals surface area contributed by atoms with E-state index in [2.05, 4.69) is 4.98 Å². The molecule has 0 radical (unpaired) electrons. The lowest BCUT2D eigenvalue weighted by Gasteiger charge is -2.02. The molecule has 0 unspecified atom stereocenters. The molecule has 2 N–H and O–H groups in total. The smallest absolute Gasteiger partial charge is 0.146 e. The average Bonchev–Trinajstić information content (AvgIpc) is 2.66. The van der Waals surface area contributed by atoms with E-state index < -0.39 is 0 Å². The maximum atomic E-state index is 9.44. The Labute approximate surface area is 92.1 Å². The van der Waals surface area contributed by atoms with Crippen LogP contribution in [0.4, 0.5) is 0 Å². The number of nitrogens with one attached hydrogen (secondary N) is 1. The summed E-state index contributed by atoms with van der Waals surface area (Å²) in [5.74, 6) is 1.11. The van der Waals surface area contributed by atoms with Crippen molar-refractivity contribution in [3.63, 3.8) is 0 Å². The van der Waals surface area contributed by atoms with Gasteiger partial charge >= 0.3 is 0 Å². The van der Waals surface area contributed by atoms with Gasteiger partial charge in [0.2, 0.25) is 0 Å². The Hall–Kier alpha value is -1.55. The van der Waals surface area contributed by atoms with E-state index in [1.54, 1.807) is 19.5 Å². The number of hydrogen-bond acceptors (Lipinski definition) is 3. The molecule has 1 aromatic heterocycles. The fourth-order valence-corrected chi connectivity index (χ4v) is 2.01. The summed E-state index contributed by atoms with van der Waals surface area (Å²) < 4.78 is 5.06. The van der Waals surface area contributed by atoms with E-state index in [1.807, 2.05) is 24.3 Å². The van der Waals surface area contributed by atoms with Crippen LogP contribution in [-0.2, 0) is 0 Å². The van der Waals surface area contributed by atoms with Gasteiger partial charge in [-0.3, -0.25) is 0 Å². The highest BCUT2D eigenvalue weighted by molar-refractivity contribution is 7.99. The highest BCUT2D eigenvalue weighted by atomic mass is 32.2. The molecule has 1 aromatic carbocycles. The molecule has 0 amide bonds. The first-order chi connectivity index (χ1) is 7.29. The summed E-state index contributed by atoms with van der Waals surface area (Å²) >= 11 is 1.50. The van der Waals surface area contributed by atoms with Crippen LogP contribution in [0.25, 0.3) is 0 Å². The fraction of sp³-hybridized carbons (Fsp3) is 0.0909.